The molecule has 1 nitrogen and oxygen atoms in total. The summed E-state index contributed by atoms with van der Waals surface area (Å²) in [6.45, 7) is -0.178. The van der Waals surface area contributed by atoms with Crippen LogP contribution in [0.3, 0.4) is 0 Å². The van der Waals surface area contributed by atoms with Crippen molar-refractivity contribution >= 4 is 17.3 Å². The Labute approximate surface area is 58.0 Å². The third-order valence-electron chi connectivity index (χ3n) is 0.677. The maximum Gasteiger partial charge on any atom is 0.157 e. The van der Waals surface area contributed by atoms with Gasteiger partial charge < -0.3 is 4.74 Å². The van der Waals surface area contributed by atoms with Crippen LogP contribution in [-0.2, 0) is 4.74 Å². The summed E-state index contributed by atoms with van der Waals surface area (Å²) in [5.41, 5.74) is 0. The standard InChI is InChI=1S/C5H8F2OS/c1-4(9)8-5(2-6)3-7/h5H,2-3H2,1H3. The third-order valence-corrected chi connectivity index (χ3v) is 0.773. The predicted molar refractivity (Wildman–Crippen MR) is 35.1 cm³/mol. The van der Waals surface area contributed by atoms with Crippen molar-refractivity contribution < 1.29 is 13.5 Å². The van der Waals surface area contributed by atoms with Gasteiger partial charge in [-0.3, -0.25) is 0 Å². The highest BCUT2D eigenvalue weighted by Gasteiger charge is 2.07. The number of halogens is 2. The van der Waals surface area contributed by atoms with Crippen LogP contribution in [0.2, 0.25) is 0 Å². The molecule has 0 saturated heterocycles. The fraction of sp³-hybridized carbons (Fsp3) is 0.800. The predicted octanol–water partition coefficient (Wildman–Crippen LogP) is 1.66. The first-order valence-corrected chi connectivity index (χ1v) is 2.90. The molecule has 0 saturated carbocycles. The Balaban J connectivity index is 3.43. The van der Waals surface area contributed by atoms with Gasteiger partial charge in [-0.1, -0.05) is 0 Å². The van der Waals surface area contributed by atoms with Crippen molar-refractivity contribution in [1.82, 2.24) is 0 Å². The van der Waals surface area contributed by atoms with Crippen LogP contribution >= 0.6 is 12.2 Å². The van der Waals surface area contributed by atoms with E-state index in [9.17, 15) is 8.78 Å². The minimum Gasteiger partial charge on any atom is -0.479 e. The number of hydrogen-bond acceptors (Lipinski definition) is 2. The molecule has 0 aromatic carbocycles. The lowest BCUT2D eigenvalue weighted by Gasteiger charge is -2.09. The van der Waals surface area contributed by atoms with E-state index in [1.54, 1.807) is 0 Å². The second-order valence-corrected chi connectivity index (χ2v) is 2.11. The third kappa shape index (κ3) is 4.27. The van der Waals surface area contributed by atoms with Gasteiger partial charge in [0, 0.05) is 6.92 Å². The summed E-state index contributed by atoms with van der Waals surface area (Å²) in [7, 11) is 0. The van der Waals surface area contributed by atoms with Gasteiger partial charge in [0.25, 0.3) is 0 Å². The maximum atomic E-state index is 11.6. The van der Waals surface area contributed by atoms with E-state index in [2.05, 4.69) is 17.0 Å². The van der Waals surface area contributed by atoms with Crippen molar-refractivity contribution in [2.24, 2.45) is 0 Å². The van der Waals surface area contributed by atoms with Crippen molar-refractivity contribution in [3.63, 3.8) is 0 Å². The van der Waals surface area contributed by atoms with Crippen molar-refractivity contribution in [2.45, 2.75) is 13.0 Å². The largest absolute Gasteiger partial charge is 0.479 e. The SMILES string of the molecule is CC(=S)OC(CF)CF. The van der Waals surface area contributed by atoms with Gasteiger partial charge in [0.2, 0.25) is 0 Å². The van der Waals surface area contributed by atoms with E-state index in [0.717, 1.165) is 0 Å². The lowest BCUT2D eigenvalue weighted by molar-refractivity contribution is 0.125. The van der Waals surface area contributed by atoms with Gasteiger partial charge in [-0.25, -0.2) is 8.78 Å². The molecule has 54 valence electrons. The zero-order valence-corrected chi connectivity index (χ0v) is 5.88. The van der Waals surface area contributed by atoms with Gasteiger partial charge in [0.15, 0.2) is 11.2 Å². The van der Waals surface area contributed by atoms with E-state index in [1.807, 2.05) is 0 Å². The lowest BCUT2D eigenvalue weighted by atomic mass is 10.4. The van der Waals surface area contributed by atoms with Crippen LogP contribution < -0.4 is 0 Å². The van der Waals surface area contributed by atoms with Gasteiger partial charge in [0.1, 0.15) is 13.3 Å². The molecule has 0 unspecified atom stereocenters. The Kier molecular flexibility index (Phi) is 4.48. The number of rotatable bonds is 3. The Morgan fingerprint density at radius 1 is 1.56 bits per heavy atom. The van der Waals surface area contributed by atoms with Crippen LogP contribution in [0.25, 0.3) is 0 Å². The van der Waals surface area contributed by atoms with Crippen LogP contribution in [0.15, 0.2) is 0 Å². The number of hydrogen-bond donors (Lipinski definition) is 0. The average molecular weight is 154 g/mol. The highest BCUT2D eigenvalue weighted by molar-refractivity contribution is 7.80. The number of ether oxygens (including phenoxy) is 1. The topological polar surface area (TPSA) is 9.23 Å². The first-order chi connectivity index (χ1) is 4.20. The van der Waals surface area contributed by atoms with E-state index in [4.69, 9.17) is 0 Å². The monoisotopic (exact) mass is 154 g/mol. The zero-order chi connectivity index (χ0) is 7.28. The molecule has 0 N–H and O–H groups in total. The Hall–Kier alpha value is -0.250. The molecule has 0 radical (unpaired) electrons. The van der Waals surface area contributed by atoms with Crippen LogP contribution in [0.5, 0.6) is 0 Å². The van der Waals surface area contributed by atoms with Crippen molar-refractivity contribution in [3.8, 4) is 0 Å². The summed E-state index contributed by atoms with van der Waals surface area (Å²) >= 11 is 4.45. The molecule has 0 heterocycles. The van der Waals surface area contributed by atoms with Crippen LogP contribution in [0.4, 0.5) is 8.78 Å². The molecule has 0 aromatic heterocycles. The summed E-state index contributed by atoms with van der Waals surface area (Å²) in [6.07, 6.45) is -0.998. The minimum absolute atomic E-state index is 0.176. The van der Waals surface area contributed by atoms with E-state index in [0.29, 0.717) is 0 Å². The van der Waals surface area contributed by atoms with Gasteiger partial charge in [-0.05, 0) is 12.2 Å². The fourth-order valence-electron chi connectivity index (χ4n) is 0.339. The molecule has 0 bridgehead atoms. The molecule has 0 aliphatic rings. The highest BCUT2D eigenvalue weighted by Crippen LogP contribution is 1.95. The maximum absolute atomic E-state index is 11.6. The molecule has 0 rings (SSSR count). The molecule has 0 amide bonds. The summed E-state index contributed by atoms with van der Waals surface area (Å²) in [5, 5.41) is 0.176. The Morgan fingerprint density at radius 2 is 2.00 bits per heavy atom. The fourth-order valence-corrected chi connectivity index (χ4v) is 0.475. The molecular weight excluding hydrogens is 146 g/mol. The van der Waals surface area contributed by atoms with Crippen molar-refractivity contribution in [3.05, 3.63) is 0 Å². The van der Waals surface area contributed by atoms with Gasteiger partial charge >= 0.3 is 0 Å². The number of alkyl halides is 2. The van der Waals surface area contributed by atoms with E-state index < -0.39 is 19.5 Å². The molecule has 0 aliphatic heterocycles. The normalized spacial score (nSPS) is 9.78. The minimum atomic E-state index is -0.998. The zero-order valence-electron chi connectivity index (χ0n) is 5.06. The second kappa shape index (κ2) is 4.61. The number of thiocarbonyl (C=S) groups is 1. The highest BCUT2D eigenvalue weighted by atomic mass is 32.1. The summed E-state index contributed by atoms with van der Waals surface area (Å²) in [4.78, 5) is 0. The van der Waals surface area contributed by atoms with Crippen LogP contribution in [0, 0.1) is 0 Å². The molecule has 0 spiro atoms. The summed E-state index contributed by atoms with van der Waals surface area (Å²) < 4.78 is 27.7. The first kappa shape index (κ1) is 8.75. The smallest absolute Gasteiger partial charge is 0.157 e. The van der Waals surface area contributed by atoms with Crippen LogP contribution in [0.1, 0.15) is 6.92 Å². The molecule has 0 aromatic rings. The average Bonchev–Trinajstić information content (AvgIpc) is 1.82. The molecule has 0 aliphatic carbocycles. The first-order valence-electron chi connectivity index (χ1n) is 2.49. The Morgan fingerprint density at radius 3 is 2.11 bits per heavy atom. The van der Waals surface area contributed by atoms with Crippen molar-refractivity contribution in [2.75, 3.05) is 13.3 Å². The Bertz CT molecular complexity index is 93.0. The van der Waals surface area contributed by atoms with E-state index in [1.165, 1.54) is 6.92 Å². The molecule has 0 fully saturated rings. The lowest BCUT2D eigenvalue weighted by Crippen LogP contribution is -2.19. The molecule has 9 heavy (non-hydrogen) atoms. The second-order valence-electron chi connectivity index (χ2n) is 1.54. The summed E-state index contributed by atoms with van der Waals surface area (Å²) in [6, 6.07) is 0. The van der Waals surface area contributed by atoms with E-state index in [-0.39, 0.29) is 5.05 Å². The van der Waals surface area contributed by atoms with Crippen molar-refractivity contribution in [1.29, 1.82) is 0 Å². The van der Waals surface area contributed by atoms with Gasteiger partial charge in [-0.2, -0.15) is 0 Å². The molecule has 4 heteroatoms. The molecule has 0 atom stereocenters. The van der Waals surface area contributed by atoms with Crippen LogP contribution in [-0.4, -0.2) is 24.5 Å². The van der Waals surface area contributed by atoms with E-state index >= 15 is 0 Å². The van der Waals surface area contributed by atoms with Gasteiger partial charge in [-0.15, -0.1) is 0 Å². The summed E-state index contributed by atoms with van der Waals surface area (Å²) in [5.74, 6) is 0. The molecular formula is C5H8F2OS. The quantitative estimate of drug-likeness (QED) is 0.572. The van der Waals surface area contributed by atoms with Gasteiger partial charge in [0.05, 0.1) is 0 Å².